The number of sulfone groups is 1. The number of carbonyl (C=O) groups excluding carboxylic acids is 1. The molecule has 1 aromatic carbocycles. The minimum absolute atomic E-state index is 0.259. The summed E-state index contributed by atoms with van der Waals surface area (Å²) in [6, 6.07) is 6.75. The second kappa shape index (κ2) is 7.02. The van der Waals surface area contributed by atoms with Crippen LogP contribution in [0.15, 0.2) is 40.7 Å². The van der Waals surface area contributed by atoms with Gasteiger partial charge in [-0.3, -0.25) is 4.79 Å². The zero-order valence-corrected chi connectivity index (χ0v) is 16.9. The summed E-state index contributed by atoms with van der Waals surface area (Å²) in [7, 11) is -3.26. The third-order valence-corrected chi connectivity index (χ3v) is 7.76. The smallest absolute Gasteiger partial charge is 0.324 e. The Balaban J connectivity index is 1.65. The van der Waals surface area contributed by atoms with Gasteiger partial charge in [-0.05, 0) is 36.0 Å². The lowest BCUT2D eigenvalue weighted by Crippen LogP contribution is -2.30. The van der Waals surface area contributed by atoms with Crippen LogP contribution in [0.2, 0.25) is 0 Å². The Bertz CT molecular complexity index is 915. The molecule has 0 aliphatic heterocycles. The van der Waals surface area contributed by atoms with E-state index in [1.54, 1.807) is 35.8 Å². The van der Waals surface area contributed by atoms with Gasteiger partial charge in [-0.15, -0.1) is 0 Å². The van der Waals surface area contributed by atoms with E-state index in [1.165, 1.54) is 36.9 Å². The first-order chi connectivity index (χ1) is 12.9. The Labute approximate surface area is 163 Å². The molecule has 2 aliphatic carbocycles. The van der Waals surface area contributed by atoms with Crippen molar-refractivity contribution in [2.45, 2.75) is 48.8 Å². The van der Waals surface area contributed by atoms with Gasteiger partial charge in [0.05, 0.1) is 10.3 Å². The molecule has 1 heterocycles. The summed E-state index contributed by atoms with van der Waals surface area (Å²) >= 11 is 1.30. The Morgan fingerprint density at radius 2 is 1.89 bits per heavy atom. The molecule has 4 rings (SSSR count). The van der Waals surface area contributed by atoms with E-state index in [2.05, 4.69) is 4.98 Å². The van der Waals surface area contributed by atoms with Crippen LogP contribution in [-0.2, 0) is 20.0 Å². The Hall–Kier alpha value is -1.73. The van der Waals surface area contributed by atoms with Crippen molar-refractivity contribution in [1.29, 1.82) is 0 Å². The van der Waals surface area contributed by atoms with Crippen LogP contribution in [0.3, 0.4) is 0 Å². The monoisotopic (exact) mass is 405 g/mol. The molecular formula is C20H23NO4S2. The largest absolute Gasteiger partial charge is 0.397 e. The van der Waals surface area contributed by atoms with Crippen molar-refractivity contribution < 1.29 is 17.9 Å². The van der Waals surface area contributed by atoms with Crippen molar-refractivity contribution in [2.24, 2.45) is 11.8 Å². The van der Waals surface area contributed by atoms with E-state index in [4.69, 9.17) is 4.74 Å². The highest BCUT2D eigenvalue weighted by atomic mass is 32.2. The molecular weight excluding hydrogens is 382 g/mol. The summed E-state index contributed by atoms with van der Waals surface area (Å²) in [5.74, 6) is 0.520. The maximum Gasteiger partial charge on any atom is 0.324 e. The van der Waals surface area contributed by atoms with Crippen LogP contribution in [0.25, 0.3) is 0 Å². The molecule has 144 valence electrons. The van der Waals surface area contributed by atoms with Crippen molar-refractivity contribution >= 4 is 27.1 Å². The lowest BCUT2D eigenvalue weighted by atomic mass is 9.80. The van der Waals surface area contributed by atoms with Gasteiger partial charge in [0.1, 0.15) is 0 Å². The van der Waals surface area contributed by atoms with Crippen LogP contribution < -0.4 is 4.74 Å². The summed E-state index contributed by atoms with van der Waals surface area (Å²) in [6.07, 6.45) is 9.57. The van der Waals surface area contributed by atoms with Gasteiger partial charge >= 0.3 is 5.97 Å². The minimum Gasteiger partial charge on any atom is -0.397 e. The number of rotatable bonds is 5. The third-order valence-electron chi connectivity index (χ3n) is 5.99. The standard InChI is InChI=1S/C20H23NO4S2/c1-27(23,24)16-9-7-15(8-10-16)20(18(22)25-19-21-11-12-26-19)13-17(20)14-5-3-2-4-6-14/h7-12,14,17H,2-6,13H2,1H3. The number of hydrogen-bond acceptors (Lipinski definition) is 6. The topological polar surface area (TPSA) is 73.3 Å². The Morgan fingerprint density at radius 1 is 1.19 bits per heavy atom. The molecule has 0 saturated heterocycles. The lowest BCUT2D eigenvalue weighted by molar-refractivity contribution is -0.138. The van der Waals surface area contributed by atoms with Crippen molar-refractivity contribution in [3.8, 4) is 5.19 Å². The van der Waals surface area contributed by atoms with Gasteiger partial charge in [-0.1, -0.05) is 55.6 Å². The number of aromatic nitrogens is 1. The quantitative estimate of drug-likeness (QED) is 0.703. The summed E-state index contributed by atoms with van der Waals surface area (Å²) in [4.78, 5) is 17.5. The first-order valence-electron chi connectivity index (χ1n) is 9.33. The van der Waals surface area contributed by atoms with Gasteiger partial charge in [-0.25, -0.2) is 13.4 Å². The number of esters is 1. The molecule has 1 aromatic heterocycles. The molecule has 7 heteroatoms. The lowest BCUT2D eigenvalue weighted by Gasteiger charge is -2.25. The van der Waals surface area contributed by atoms with Crippen molar-refractivity contribution in [3.63, 3.8) is 0 Å². The van der Waals surface area contributed by atoms with E-state index in [0.29, 0.717) is 11.1 Å². The maximum absolute atomic E-state index is 13.2. The van der Waals surface area contributed by atoms with Crippen LogP contribution in [-0.4, -0.2) is 25.6 Å². The SMILES string of the molecule is CS(=O)(=O)c1ccc(C2(C(=O)Oc3nccs3)CC2C2CCCCC2)cc1. The Morgan fingerprint density at radius 3 is 2.48 bits per heavy atom. The van der Waals surface area contributed by atoms with Gasteiger partial charge in [0.25, 0.3) is 5.19 Å². The molecule has 0 spiro atoms. The van der Waals surface area contributed by atoms with Crippen molar-refractivity contribution in [3.05, 3.63) is 41.4 Å². The molecule has 2 aliphatic rings. The molecule has 2 atom stereocenters. The second-order valence-electron chi connectivity index (χ2n) is 7.66. The van der Waals surface area contributed by atoms with Crippen LogP contribution >= 0.6 is 11.3 Å². The number of hydrogen-bond donors (Lipinski definition) is 0. The van der Waals surface area contributed by atoms with Gasteiger partial charge < -0.3 is 4.74 Å². The van der Waals surface area contributed by atoms with Gasteiger partial charge in [-0.2, -0.15) is 0 Å². The van der Waals surface area contributed by atoms with E-state index in [9.17, 15) is 13.2 Å². The number of carbonyl (C=O) groups is 1. The average molecular weight is 406 g/mol. The molecule has 27 heavy (non-hydrogen) atoms. The normalized spacial score (nSPS) is 25.9. The molecule has 2 saturated carbocycles. The molecule has 0 radical (unpaired) electrons. The average Bonchev–Trinajstić information content (AvgIpc) is 3.23. The summed E-state index contributed by atoms with van der Waals surface area (Å²) in [6.45, 7) is 0. The number of benzene rings is 1. The minimum atomic E-state index is -3.26. The number of ether oxygens (including phenoxy) is 1. The third kappa shape index (κ3) is 3.55. The van der Waals surface area contributed by atoms with E-state index < -0.39 is 15.3 Å². The maximum atomic E-state index is 13.2. The van der Waals surface area contributed by atoms with Crippen LogP contribution in [0, 0.1) is 11.8 Å². The fourth-order valence-corrected chi connectivity index (χ4v) is 5.62. The highest BCUT2D eigenvalue weighted by molar-refractivity contribution is 7.90. The van der Waals surface area contributed by atoms with E-state index in [1.807, 2.05) is 0 Å². The van der Waals surface area contributed by atoms with Gasteiger partial charge in [0.15, 0.2) is 9.84 Å². The zero-order valence-electron chi connectivity index (χ0n) is 15.3. The highest BCUT2D eigenvalue weighted by Crippen LogP contribution is 2.61. The molecule has 2 fully saturated rings. The van der Waals surface area contributed by atoms with Crippen LogP contribution in [0.4, 0.5) is 0 Å². The first-order valence-corrected chi connectivity index (χ1v) is 12.1. The zero-order chi connectivity index (χ0) is 19.1. The molecule has 0 bridgehead atoms. The fraction of sp³-hybridized carbons (Fsp3) is 0.500. The van der Waals surface area contributed by atoms with Gasteiger partial charge in [0, 0.05) is 17.8 Å². The van der Waals surface area contributed by atoms with Crippen LogP contribution in [0.5, 0.6) is 5.19 Å². The number of nitrogens with zero attached hydrogens (tertiary/aromatic N) is 1. The molecule has 0 amide bonds. The Kier molecular flexibility index (Phi) is 4.84. The molecule has 2 aromatic rings. The van der Waals surface area contributed by atoms with Gasteiger partial charge in [0.2, 0.25) is 0 Å². The second-order valence-corrected chi connectivity index (χ2v) is 10.5. The number of thiazole rings is 1. The van der Waals surface area contributed by atoms with E-state index in [0.717, 1.165) is 24.8 Å². The molecule has 2 unspecified atom stereocenters. The summed E-state index contributed by atoms with van der Waals surface area (Å²) in [5.41, 5.74) is 0.177. The van der Waals surface area contributed by atoms with Crippen molar-refractivity contribution in [2.75, 3.05) is 6.26 Å². The van der Waals surface area contributed by atoms with Crippen LogP contribution in [0.1, 0.15) is 44.1 Å². The molecule has 5 nitrogen and oxygen atoms in total. The summed E-state index contributed by atoms with van der Waals surface area (Å²) in [5, 5.41) is 2.14. The first kappa shape index (κ1) is 18.6. The highest BCUT2D eigenvalue weighted by Gasteiger charge is 2.64. The predicted molar refractivity (Wildman–Crippen MR) is 104 cm³/mol. The summed E-state index contributed by atoms with van der Waals surface area (Å²) < 4.78 is 29.1. The molecule has 0 N–H and O–H groups in total. The predicted octanol–water partition coefficient (Wildman–Crippen LogP) is 3.99. The van der Waals surface area contributed by atoms with Crippen molar-refractivity contribution in [1.82, 2.24) is 4.98 Å². The fourth-order valence-electron chi connectivity index (χ4n) is 4.51. The van der Waals surface area contributed by atoms with E-state index in [-0.39, 0.29) is 16.8 Å². The van der Waals surface area contributed by atoms with E-state index >= 15 is 0 Å².